The van der Waals surface area contributed by atoms with Crippen LogP contribution in [0.15, 0.2) is 29.4 Å². The molecule has 0 amide bonds. The van der Waals surface area contributed by atoms with E-state index in [9.17, 15) is 0 Å². The van der Waals surface area contributed by atoms with Gasteiger partial charge in [0.05, 0.1) is 18.7 Å². The van der Waals surface area contributed by atoms with Gasteiger partial charge in [0.1, 0.15) is 11.6 Å². The molecule has 0 saturated carbocycles. The van der Waals surface area contributed by atoms with Gasteiger partial charge in [-0.1, -0.05) is 23.9 Å². The van der Waals surface area contributed by atoms with E-state index >= 15 is 0 Å². The molecule has 0 spiro atoms. The summed E-state index contributed by atoms with van der Waals surface area (Å²) in [5, 5.41) is 0.801. The molecule has 0 bridgehead atoms. The van der Waals surface area contributed by atoms with Crippen molar-refractivity contribution in [1.82, 2.24) is 15.4 Å². The fraction of sp³-hybridized carbons (Fsp3) is 0.375. The lowest BCUT2D eigenvalue weighted by Gasteiger charge is -2.32. The monoisotopic (exact) mass is 329 g/mol. The van der Waals surface area contributed by atoms with E-state index in [1.54, 1.807) is 18.9 Å². The van der Waals surface area contributed by atoms with Crippen molar-refractivity contribution in [3.05, 3.63) is 35.4 Å². The number of ether oxygens (including phenoxy) is 1. The van der Waals surface area contributed by atoms with Crippen LogP contribution < -0.4 is 20.5 Å². The number of methoxy groups -OCH3 is 1. The molecule has 1 atom stereocenters. The van der Waals surface area contributed by atoms with E-state index in [2.05, 4.69) is 32.9 Å². The van der Waals surface area contributed by atoms with Crippen molar-refractivity contribution in [2.24, 2.45) is 0 Å². The Kier molecular flexibility index (Phi) is 3.74. The Morgan fingerprint density at radius 3 is 2.87 bits per heavy atom. The van der Waals surface area contributed by atoms with Crippen LogP contribution in [-0.2, 0) is 6.54 Å². The van der Waals surface area contributed by atoms with Crippen molar-refractivity contribution in [3.63, 3.8) is 0 Å². The average Bonchev–Trinajstić information content (AvgIpc) is 3.02. The first kappa shape index (κ1) is 14.6. The number of hydrogen-bond acceptors (Lipinski definition) is 7. The van der Waals surface area contributed by atoms with Crippen molar-refractivity contribution in [1.29, 1.82) is 0 Å². The zero-order chi connectivity index (χ0) is 15.8. The molecule has 120 valence electrons. The minimum absolute atomic E-state index is 0.308. The standard InChI is InChI=1S/C16H19N5OS/c1-22-11-5-3-10(4-6-11)9-21-8-7-12-13-14(20-19-12)17-16(23-2)18-15(13)21/h3-6,12,19H,7-9H2,1-2H3,(H,17,18,20). The molecule has 0 saturated heterocycles. The summed E-state index contributed by atoms with van der Waals surface area (Å²) in [5.74, 6) is 2.85. The van der Waals surface area contributed by atoms with Gasteiger partial charge in [0, 0.05) is 13.1 Å². The Bertz CT molecular complexity index is 721. The van der Waals surface area contributed by atoms with E-state index in [-0.39, 0.29) is 0 Å². The minimum atomic E-state index is 0.308. The van der Waals surface area contributed by atoms with Gasteiger partial charge in [-0.2, -0.15) is 0 Å². The third-order valence-electron chi connectivity index (χ3n) is 4.32. The summed E-state index contributed by atoms with van der Waals surface area (Å²) in [4.78, 5) is 11.7. The SMILES string of the molecule is COc1ccc(CN2CCC3NNc4nc(SC)nc2c43)cc1. The second-order valence-corrected chi connectivity index (χ2v) is 6.45. The van der Waals surface area contributed by atoms with Crippen LogP contribution >= 0.6 is 11.8 Å². The van der Waals surface area contributed by atoms with Gasteiger partial charge in [-0.15, -0.1) is 0 Å². The van der Waals surface area contributed by atoms with Crippen molar-refractivity contribution in [2.75, 3.05) is 30.2 Å². The highest BCUT2D eigenvalue weighted by Gasteiger charge is 2.34. The van der Waals surface area contributed by atoms with Crippen LogP contribution in [0.1, 0.15) is 23.6 Å². The topological polar surface area (TPSA) is 62.3 Å². The van der Waals surface area contributed by atoms with E-state index < -0.39 is 0 Å². The summed E-state index contributed by atoms with van der Waals surface area (Å²) < 4.78 is 5.23. The van der Waals surface area contributed by atoms with Crippen LogP contribution in [-0.4, -0.2) is 29.9 Å². The van der Waals surface area contributed by atoms with Crippen molar-refractivity contribution in [2.45, 2.75) is 24.2 Å². The predicted molar refractivity (Wildman–Crippen MR) is 92.0 cm³/mol. The number of nitrogens with zero attached hydrogens (tertiary/aromatic N) is 3. The first-order valence-electron chi connectivity index (χ1n) is 7.64. The number of anilines is 2. The van der Waals surface area contributed by atoms with Crippen molar-refractivity contribution in [3.8, 4) is 5.75 Å². The van der Waals surface area contributed by atoms with Gasteiger partial charge in [-0.3, -0.25) is 0 Å². The molecular weight excluding hydrogens is 310 g/mol. The number of hydrogen-bond donors (Lipinski definition) is 2. The summed E-state index contributed by atoms with van der Waals surface area (Å²) in [7, 11) is 1.69. The maximum Gasteiger partial charge on any atom is 0.191 e. The van der Waals surface area contributed by atoms with E-state index in [1.807, 2.05) is 18.4 Å². The Morgan fingerprint density at radius 1 is 1.30 bits per heavy atom. The summed E-state index contributed by atoms with van der Waals surface area (Å²) in [6.07, 6.45) is 3.05. The molecule has 2 aromatic rings. The predicted octanol–water partition coefficient (Wildman–Crippen LogP) is 2.59. The first-order valence-corrected chi connectivity index (χ1v) is 8.86. The number of aromatic nitrogens is 2. The van der Waals surface area contributed by atoms with Gasteiger partial charge in [-0.05, 0) is 30.4 Å². The molecule has 23 heavy (non-hydrogen) atoms. The van der Waals surface area contributed by atoms with E-state index in [4.69, 9.17) is 9.72 Å². The van der Waals surface area contributed by atoms with Crippen LogP contribution in [0.25, 0.3) is 0 Å². The summed E-state index contributed by atoms with van der Waals surface area (Å²) in [5.41, 5.74) is 8.96. The van der Waals surface area contributed by atoms with Crippen LogP contribution in [0.5, 0.6) is 5.75 Å². The first-order chi connectivity index (χ1) is 11.3. The normalized spacial score (nSPS) is 18.5. The highest BCUT2D eigenvalue weighted by molar-refractivity contribution is 7.98. The number of hydrazine groups is 1. The van der Waals surface area contributed by atoms with Crippen LogP contribution in [0.3, 0.4) is 0 Å². The molecule has 6 nitrogen and oxygen atoms in total. The van der Waals surface area contributed by atoms with Crippen molar-refractivity contribution >= 4 is 23.4 Å². The second-order valence-electron chi connectivity index (χ2n) is 5.68. The highest BCUT2D eigenvalue weighted by atomic mass is 32.2. The Balaban J connectivity index is 1.66. The third-order valence-corrected chi connectivity index (χ3v) is 4.87. The van der Waals surface area contributed by atoms with Crippen molar-refractivity contribution < 1.29 is 4.74 Å². The zero-order valence-electron chi connectivity index (χ0n) is 13.2. The Morgan fingerprint density at radius 2 is 2.13 bits per heavy atom. The highest BCUT2D eigenvalue weighted by Crippen LogP contribution is 2.41. The average molecular weight is 329 g/mol. The maximum absolute atomic E-state index is 5.23. The minimum Gasteiger partial charge on any atom is -0.497 e. The summed E-state index contributed by atoms with van der Waals surface area (Å²) >= 11 is 1.57. The molecule has 0 aliphatic carbocycles. The largest absolute Gasteiger partial charge is 0.497 e. The van der Waals surface area contributed by atoms with Crippen LogP contribution in [0, 0.1) is 0 Å². The molecule has 0 fully saturated rings. The molecule has 2 aliphatic rings. The molecule has 2 aliphatic heterocycles. The number of nitrogens with one attached hydrogen (secondary N) is 2. The Hall–Kier alpha value is -1.99. The number of rotatable bonds is 4. The van der Waals surface area contributed by atoms with Gasteiger partial charge < -0.3 is 15.1 Å². The molecule has 1 aromatic heterocycles. The number of benzene rings is 1. The van der Waals surface area contributed by atoms with Gasteiger partial charge in [0.2, 0.25) is 0 Å². The fourth-order valence-corrected chi connectivity index (χ4v) is 3.49. The molecule has 1 aromatic carbocycles. The zero-order valence-corrected chi connectivity index (χ0v) is 14.0. The smallest absolute Gasteiger partial charge is 0.191 e. The third kappa shape index (κ3) is 2.60. The van der Waals surface area contributed by atoms with Gasteiger partial charge in [0.25, 0.3) is 0 Å². The summed E-state index contributed by atoms with van der Waals surface area (Å²) in [6.45, 7) is 1.82. The Labute approximate surface area is 139 Å². The fourth-order valence-electron chi connectivity index (χ4n) is 3.13. The molecule has 0 radical (unpaired) electrons. The van der Waals surface area contributed by atoms with Crippen LogP contribution in [0.2, 0.25) is 0 Å². The van der Waals surface area contributed by atoms with E-state index in [0.29, 0.717) is 6.04 Å². The molecule has 7 heteroatoms. The van der Waals surface area contributed by atoms with Gasteiger partial charge in [0.15, 0.2) is 11.0 Å². The lowest BCUT2D eigenvalue weighted by molar-refractivity contribution is 0.414. The lowest BCUT2D eigenvalue weighted by Crippen LogP contribution is -2.34. The molecule has 3 heterocycles. The van der Waals surface area contributed by atoms with Gasteiger partial charge >= 0.3 is 0 Å². The number of thioether (sulfide) groups is 1. The van der Waals surface area contributed by atoms with E-state index in [1.165, 1.54) is 11.1 Å². The lowest BCUT2D eigenvalue weighted by atomic mass is 10.0. The summed E-state index contributed by atoms with van der Waals surface area (Å²) in [6, 6.07) is 8.53. The quantitative estimate of drug-likeness (QED) is 0.660. The molecule has 2 N–H and O–H groups in total. The van der Waals surface area contributed by atoms with E-state index in [0.717, 1.165) is 42.1 Å². The molecule has 1 unspecified atom stereocenters. The second kappa shape index (κ2) is 5.90. The molecule has 4 rings (SSSR count). The maximum atomic E-state index is 5.23. The van der Waals surface area contributed by atoms with Gasteiger partial charge in [-0.25, -0.2) is 15.4 Å². The van der Waals surface area contributed by atoms with Crippen LogP contribution in [0.4, 0.5) is 11.6 Å². The molecular formula is C16H19N5OS.